The first-order chi connectivity index (χ1) is 10.6. The molecule has 1 aliphatic rings. The van der Waals surface area contributed by atoms with E-state index in [9.17, 15) is 8.42 Å². The second-order valence-electron chi connectivity index (χ2n) is 5.94. The Hall–Kier alpha value is -1.43. The number of nitrogens with zero attached hydrogens (tertiary/aromatic N) is 1. The van der Waals surface area contributed by atoms with Gasteiger partial charge < -0.3 is 5.32 Å². The monoisotopic (exact) mass is 318 g/mol. The topological polar surface area (TPSA) is 49.4 Å². The third-order valence-corrected chi connectivity index (χ3v) is 6.19. The maximum Gasteiger partial charge on any atom is 0.243 e. The Labute approximate surface area is 132 Å². The van der Waals surface area contributed by atoms with Crippen molar-refractivity contribution >= 4 is 20.8 Å². The summed E-state index contributed by atoms with van der Waals surface area (Å²) in [5.41, 5.74) is 0. The van der Waals surface area contributed by atoms with Crippen molar-refractivity contribution in [1.29, 1.82) is 0 Å². The van der Waals surface area contributed by atoms with Crippen LogP contribution < -0.4 is 5.32 Å². The number of benzene rings is 2. The van der Waals surface area contributed by atoms with E-state index >= 15 is 0 Å². The van der Waals surface area contributed by atoms with Gasteiger partial charge in [-0.25, -0.2) is 8.42 Å². The first kappa shape index (κ1) is 15.5. The predicted molar refractivity (Wildman–Crippen MR) is 89.4 cm³/mol. The fraction of sp³-hybridized carbons (Fsp3) is 0.412. The van der Waals surface area contributed by atoms with Crippen LogP contribution >= 0.6 is 0 Å². The van der Waals surface area contributed by atoms with Crippen LogP contribution in [-0.2, 0) is 10.0 Å². The molecule has 22 heavy (non-hydrogen) atoms. The van der Waals surface area contributed by atoms with Gasteiger partial charge in [-0.3, -0.25) is 0 Å². The Morgan fingerprint density at radius 3 is 2.73 bits per heavy atom. The zero-order chi connectivity index (χ0) is 15.6. The highest BCUT2D eigenvalue weighted by Crippen LogP contribution is 2.25. The summed E-state index contributed by atoms with van der Waals surface area (Å²) in [7, 11) is -1.49. The molecule has 5 heteroatoms. The molecule has 1 atom stereocenters. The van der Waals surface area contributed by atoms with Crippen LogP contribution in [0.15, 0.2) is 47.4 Å². The standard InChI is InChI=1S/C17H22N2O2S/c1-18-12-14-5-4-10-19(13-14)22(20,21)17-9-8-15-6-2-3-7-16(15)11-17/h2-3,6-9,11,14,18H,4-5,10,12-13H2,1H3. The zero-order valence-electron chi connectivity index (χ0n) is 12.8. The molecule has 0 aromatic heterocycles. The molecule has 2 aromatic carbocycles. The van der Waals surface area contributed by atoms with E-state index in [1.165, 1.54) is 0 Å². The zero-order valence-corrected chi connectivity index (χ0v) is 13.6. The molecular weight excluding hydrogens is 296 g/mol. The fourth-order valence-electron chi connectivity index (χ4n) is 3.18. The lowest BCUT2D eigenvalue weighted by atomic mass is 10.00. The van der Waals surface area contributed by atoms with E-state index in [4.69, 9.17) is 0 Å². The molecule has 3 rings (SSSR count). The highest BCUT2D eigenvalue weighted by Gasteiger charge is 2.29. The van der Waals surface area contributed by atoms with E-state index in [2.05, 4.69) is 5.32 Å². The predicted octanol–water partition coefficient (Wildman–Crippen LogP) is 2.46. The summed E-state index contributed by atoms with van der Waals surface area (Å²) in [5.74, 6) is 0.397. The van der Waals surface area contributed by atoms with Crippen LogP contribution in [0, 0.1) is 5.92 Å². The van der Waals surface area contributed by atoms with Gasteiger partial charge in [0.1, 0.15) is 0 Å². The lowest BCUT2D eigenvalue weighted by Gasteiger charge is -2.31. The molecule has 4 nitrogen and oxygen atoms in total. The second kappa shape index (κ2) is 6.36. The third-order valence-electron chi connectivity index (χ3n) is 4.33. The number of fused-ring (bicyclic) bond motifs is 1. The summed E-state index contributed by atoms with van der Waals surface area (Å²) in [6, 6.07) is 13.2. The second-order valence-corrected chi connectivity index (χ2v) is 7.88. The number of hydrogen-bond acceptors (Lipinski definition) is 3. The van der Waals surface area contributed by atoms with Crippen molar-refractivity contribution in [3.8, 4) is 0 Å². The molecule has 0 amide bonds. The molecule has 1 aliphatic heterocycles. The van der Waals surface area contributed by atoms with Gasteiger partial charge >= 0.3 is 0 Å². The van der Waals surface area contributed by atoms with E-state index in [-0.39, 0.29) is 0 Å². The van der Waals surface area contributed by atoms with Crippen molar-refractivity contribution in [3.05, 3.63) is 42.5 Å². The summed E-state index contributed by atoms with van der Waals surface area (Å²) >= 11 is 0. The maximum absolute atomic E-state index is 12.9. The van der Waals surface area contributed by atoms with Crippen LogP contribution in [0.1, 0.15) is 12.8 Å². The molecule has 2 aromatic rings. The van der Waals surface area contributed by atoms with Crippen LogP contribution in [0.4, 0.5) is 0 Å². The Morgan fingerprint density at radius 1 is 1.18 bits per heavy atom. The number of rotatable bonds is 4. The largest absolute Gasteiger partial charge is 0.319 e. The van der Waals surface area contributed by atoms with Crippen molar-refractivity contribution in [2.75, 3.05) is 26.7 Å². The van der Waals surface area contributed by atoms with Crippen LogP contribution in [0.2, 0.25) is 0 Å². The molecule has 1 heterocycles. The van der Waals surface area contributed by atoms with Gasteiger partial charge in [0.2, 0.25) is 10.0 Å². The quantitative estimate of drug-likeness (QED) is 0.942. The van der Waals surface area contributed by atoms with Gasteiger partial charge in [-0.1, -0.05) is 30.3 Å². The van der Waals surface area contributed by atoms with Gasteiger partial charge in [-0.05, 0) is 55.3 Å². The average Bonchev–Trinajstić information content (AvgIpc) is 2.55. The number of hydrogen-bond donors (Lipinski definition) is 1. The highest BCUT2D eigenvalue weighted by atomic mass is 32.2. The van der Waals surface area contributed by atoms with Crippen LogP contribution in [0.5, 0.6) is 0 Å². The lowest BCUT2D eigenvalue weighted by molar-refractivity contribution is 0.263. The molecule has 1 saturated heterocycles. The summed E-state index contributed by atoms with van der Waals surface area (Å²) in [4.78, 5) is 0.399. The summed E-state index contributed by atoms with van der Waals surface area (Å²) < 4.78 is 27.4. The van der Waals surface area contributed by atoms with Crippen molar-refractivity contribution in [1.82, 2.24) is 9.62 Å². The SMILES string of the molecule is CNCC1CCCN(S(=O)(=O)c2ccc3ccccc3c2)C1. The van der Waals surface area contributed by atoms with Crippen molar-refractivity contribution < 1.29 is 8.42 Å². The van der Waals surface area contributed by atoms with E-state index in [1.807, 2.05) is 37.4 Å². The average molecular weight is 318 g/mol. The molecule has 0 aliphatic carbocycles. The van der Waals surface area contributed by atoms with Crippen molar-refractivity contribution in [2.24, 2.45) is 5.92 Å². The first-order valence-electron chi connectivity index (χ1n) is 7.75. The molecule has 1 fully saturated rings. The Balaban J connectivity index is 1.90. The summed E-state index contributed by atoms with van der Waals surface area (Å²) in [5, 5.41) is 5.18. The van der Waals surface area contributed by atoms with Gasteiger partial charge in [0.05, 0.1) is 4.90 Å². The molecule has 118 valence electrons. The van der Waals surface area contributed by atoms with Gasteiger partial charge in [0.25, 0.3) is 0 Å². The van der Waals surface area contributed by atoms with Crippen molar-refractivity contribution in [3.63, 3.8) is 0 Å². The molecule has 0 spiro atoms. The van der Waals surface area contributed by atoms with Gasteiger partial charge in [0.15, 0.2) is 0 Å². The van der Waals surface area contributed by atoms with Crippen LogP contribution in [0.3, 0.4) is 0 Å². The Morgan fingerprint density at radius 2 is 1.95 bits per heavy atom. The van der Waals surface area contributed by atoms with Gasteiger partial charge in [0, 0.05) is 13.1 Å². The highest BCUT2D eigenvalue weighted by molar-refractivity contribution is 7.89. The van der Waals surface area contributed by atoms with Gasteiger partial charge in [-0.2, -0.15) is 4.31 Å². The molecule has 0 saturated carbocycles. The molecule has 1 N–H and O–H groups in total. The first-order valence-corrected chi connectivity index (χ1v) is 9.19. The van der Waals surface area contributed by atoms with E-state index in [0.29, 0.717) is 23.9 Å². The number of nitrogens with one attached hydrogen (secondary N) is 1. The normalized spacial score (nSPS) is 20.3. The van der Waals surface area contributed by atoms with Crippen LogP contribution in [-0.4, -0.2) is 39.4 Å². The Kier molecular flexibility index (Phi) is 4.47. The number of piperidine rings is 1. The van der Waals surface area contributed by atoms with Crippen LogP contribution in [0.25, 0.3) is 10.8 Å². The third kappa shape index (κ3) is 3.02. The van der Waals surface area contributed by atoms with E-state index < -0.39 is 10.0 Å². The maximum atomic E-state index is 12.9. The van der Waals surface area contributed by atoms with E-state index in [1.54, 1.807) is 16.4 Å². The minimum absolute atomic E-state index is 0.397. The minimum atomic E-state index is -3.40. The lowest BCUT2D eigenvalue weighted by Crippen LogP contribution is -2.42. The smallest absolute Gasteiger partial charge is 0.243 e. The number of sulfonamides is 1. The Bertz CT molecular complexity index is 756. The molecule has 1 unspecified atom stereocenters. The molecule has 0 bridgehead atoms. The molecule has 0 radical (unpaired) electrons. The molecular formula is C17H22N2O2S. The fourth-order valence-corrected chi connectivity index (χ4v) is 4.77. The summed E-state index contributed by atoms with van der Waals surface area (Å²) in [6.07, 6.45) is 2.02. The minimum Gasteiger partial charge on any atom is -0.319 e. The van der Waals surface area contributed by atoms with E-state index in [0.717, 1.165) is 30.2 Å². The van der Waals surface area contributed by atoms with Crippen molar-refractivity contribution in [2.45, 2.75) is 17.7 Å². The summed E-state index contributed by atoms with van der Waals surface area (Å²) in [6.45, 7) is 2.09. The van der Waals surface area contributed by atoms with Gasteiger partial charge in [-0.15, -0.1) is 0 Å².